The number of ether oxygens (including phenoxy) is 2. The van der Waals surface area contributed by atoms with Gasteiger partial charge < -0.3 is 14.6 Å². The van der Waals surface area contributed by atoms with Crippen molar-refractivity contribution in [2.75, 3.05) is 13.7 Å². The molecule has 0 aliphatic rings. The summed E-state index contributed by atoms with van der Waals surface area (Å²) in [5.41, 5.74) is 1.86. The van der Waals surface area contributed by atoms with Gasteiger partial charge in [-0.1, -0.05) is 11.6 Å². The van der Waals surface area contributed by atoms with Crippen molar-refractivity contribution in [1.82, 2.24) is 0 Å². The highest BCUT2D eigenvalue weighted by Gasteiger charge is 2.24. The van der Waals surface area contributed by atoms with Crippen molar-refractivity contribution < 1.29 is 19.4 Å². The van der Waals surface area contributed by atoms with Crippen LogP contribution in [0.5, 0.6) is 5.75 Å². The molecule has 0 fully saturated rings. The maximum Gasteiger partial charge on any atom is 0.339 e. The topological polar surface area (TPSA) is 55.8 Å². The predicted octanol–water partition coefficient (Wildman–Crippen LogP) is 2.56. The van der Waals surface area contributed by atoms with E-state index < -0.39 is 12.1 Å². The van der Waals surface area contributed by atoms with Gasteiger partial charge in [-0.05, 0) is 38.0 Å². The fourth-order valence-corrected chi connectivity index (χ4v) is 2.02. The number of carbonyl (C=O) groups excluding carboxylic acids is 1. The molecule has 0 spiro atoms. The van der Waals surface area contributed by atoms with Gasteiger partial charge in [0.25, 0.3) is 0 Å². The maximum atomic E-state index is 11.5. The molecular weight excluding hydrogens is 256 g/mol. The summed E-state index contributed by atoms with van der Waals surface area (Å²) in [6.07, 6.45) is -1.35. The smallest absolute Gasteiger partial charge is 0.339 e. The van der Waals surface area contributed by atoms with Crippen LogP contribution in [0, 0.1) is 13.8 Å². The molecule has 1 N–H and O–H groups in total. The molecule has 0 radical (unpaired) electrons. The first kappa shape index (κ1) is 14.8. The summed E-state index contributed by atoms with van der Waals surface area (Å²) in [5.74, 6) is -0.122. The molecule has 0 bridgehead atoms. The van der Waals surface area contributed by atoms with E-state index in [-0.39, 0.29) is 6.61 Å². The number of aliphatic hydroxyl groups excluding tert-OH is 1. The minimum absolute atomic E-state index is 0.214. The summed E-state index contributed by atoms with van der Waals surface area (Å²) in [6, 6.07) is 1.57. The van der Waals surface area contributed by atoms with E-state index >= 15 is 0 Å². The van der Waals surface area contributed by atoms with Crippen LogP contribution < -0.4 is 4.74 Å². The lowest BCUT2D eigenvalue weighted by Crippen LogP contribution is -2.17. The number of hydrogen-bond donors (Lipinski definition) is 1. The molecule has 100 valence electrons. The summed E-state index contributed by atoms with van der Waals surface area (Å²) in [4.78, 5) is 11.5. The minimum atomic E-state index is -1.35. The normalized spacial score (nSPS) is 12.1. The predicted molar refractivity (Wildman–Crippen MR) is 69.1 cm³/mol. The molecule has 1 aromatic carbocycles. The summed E-state index contributed by atoms with van der Waals surface area (Å²) >= 11 is 6.05. The van der Waals surface area contributed by atoms with E-state index in [1.54, 1.807) is 19.9 Å². The average Bonchev–Trinajstić information content (AvgIpc) is 2.34. The highest BCUT2D eigenvalue weighted by molar-refractivity contribution is 6.31. The Kier molecular flexibility index (Phi) is 4.99. The van der Waals surface area contributed by atoms with Crippen LogP contribution in [-0.2, 0) is 9.53 Å². The van der Waals surface area contributed by atoms with E-state index in [0.717, 1.165) is 5.56 Å². The van der Waals surface area contributed by atoms with Crippen LogP contribution in [0.3, 0.4) is 0 Å². The number of aliphatic hydroxyl groups is 1. The lowest BCUT2D eigenvalue weighted by Gasteiger charge is -2.17. The zero-order valence-corrected chi connectivity index (χ0v) is 11.7. The fraction of sp³-hybridized carbons (Fsp3) is 0.462. The molecular formula is C13H17ClO4. The fourth-order valence-electron chi connectivity index (χ4n) is 1.81. The van der Waals surface area contributed by atoms with Gasteiger partial charge in [0.2, 0.25) is 0 Å². The van der Waals surface area contributed by atoms with Gasteiger partial charge in [-0.2, -0.15) is 0 Å². The van der Waals surface area contributed by atoms with Crippen LogP contribution >= 0.6 is 11.6 Å². The first-order valence-electron chi connectivity index (χ1n) is 5.62. The van der Waals surface area contributed by atoms with E-state index in [4.69, 9.17) is 21.1 Å². The maximum absolute atomic E-state index is 11.5. The first-order valence-corrected chi connectivity index (χ1v) is 6.00. The molecule has 1 rings (SSSR count). The lowest BCUT2D eigenvalue weighted by molar-refractivity contribution is -0.153. The van der Waals surface area contributed by atoms with Gasteiger partial charge in [-0.15, -0.1) is 0 Å². The summed E-state index contributed by atoms with van der Waals surface area (Å²) in [5, 5.41) is 10.4. The molecule has 0 saturated heterocycles. The first-order chi connectivity index (χ1) is 8.43. The zero-order chi connectivity index (χ0) is 13.9. The Bertz CT molecular complexity index is 457. The number of carbonyl (C=O) groups is 1. The molecule has 0 saturated carbocycles. The second-order valence-corrected chi connectivity index (χ2v) is 4.29. The van der Waals surface area contributed by atoms with Crippen LogP contribution in [0.4, 0.5) is 0 Å². The standard InChI is InChI=1S/C13H17ClO4/c1-5-18-13(16)11(15)9-6-10(14)8(3)12(17-4)7(9)2/h6,11,15H,5H2,1-4H3. The average molecular weight is 273 g/mol. The van der Waals surface area contributed by atoms with Crippen molar-refractivity contribution in [3.8, 4) is 5.75 Å². The Balaban J connectivity index is 3.25. The Morgan fingerprint density at radius 2 is 2.06 bits per heavy atom. The summed E-state index contributed by atoms with van der Waals surface area (Å²) in [6.45, 7) is 5.47. The Morgan fingerprint density at radius 3 is 2.56 bits per heavy atom. The number of hydrogen-bond acceptors (Lipinski definition) is 4. The molecule has 0 aromatic heterocycles. The van der Waals surface area contributed by atoms with Gasteiger partial charge in [0.1, 0.15) is 5.75 Å². The van der Waals surface area contributed by atoms with Gasteiger partial charge >= 0.3 is 5.97 Å². The second kappa shape index (κ2) is 6.07. The molecule has 0 heterocycles. The van der Waals surface area contributed by atoms with E-state index in [1.165, 1.54) is 7.11 Å². The van der Waals surface area contributed by atoms with Crippen molar-refractivity contribution in [2.24, 2.45) is 0 Å². The molecule has 18 heavy (non-hydrogen) atoms. The number of esters is 1. The Labute approximate surface area is 111 Å². The van der Waals surface area contributed by atoms with Crippen LogP contribution in [0.15, 0.2) is 6.07 Å². The quantitative estimate of drug-likeness (QED) is 0.856. The van der Waals surface area contributed by atoms with Crippen molar-refractivity contribution in [3.05, 3.63) is 27.8 Å². The zero-order valence-electron chi connectivity index (χ0n) is 10.9. The molecule has 5 heteroatoms. The number of benzene rings is 1. The third kappa shape index (κ3) is 2.76. The highest BCUT2D eigenvalue weighted by Crippen LogP contribution is 2.35. The number of halogens is 1. The SMILES string of the molecule is CCOC(=O)C(O)c1cc(Cl)c(C)c(OC)c1C. The van der Waals surface area contributed by atoms with Crippen molar-refractivity contribution in [1.29, 1.82) is 0 Å². The summed E-state index contributed by atoms with van der Waals surface area (Å²) < 4.78 is 10.0. The van der Waals surface area contributed by atoms with Crippen LogP contribution in [0.2, 0.25) is 5.02 Å². The Morgan fingerprint density at radius 1 is 1.44 bits per heavy atom. The van der Waals surface area contributed by atoms with E-state index in [2.05, 4.69) is 0 Å². The molecule has 1 aromatic rings. The van der Waals surface area contributed by atoms with E-state index in [9.17, 15) is 9.90 Å². The second-order valence-electron chi connectivity index (χ2n) is 3.89. The van der Waals surface area contributed by atoms with Crippen LogP contribution in [0.1, 0.15) is 29.7 Å². The van der Waals surface area contributed by atoms with Gasteiger partial charge in [-0.25, -0.2) is 4.79 Å². The monoisotopic (exact) mass is 272 g/mol. The number of rotatable bonds is 4. The van der Waals surface area contributed by atoms with Crippen molar-refractivity contribution in [2.45, 2.75) is 26.9 Å². The molecule has 1 atom stereocenters. The largest absolute Gasteiger partial charge is 0.496 e. The molecule has 0 aliphatic heterocycles. The molecule has 4 nitrogen and oxygen atoms in total. The number of methoxy groups -OCH3 is 1. The van der Waals surface area contributed by atoms with Crippen LogP contribution in [-0.4, -0.2) is 24.8 Å². The lowest BCUT2D eigenvalue weighted by atomic mass is 9.99. The molecule has 0 aliphatic carbocycles. The van der Waals surface area contributed by atoms with E-state index in [1.807, 2.05) is 6.92 Å². The third-order valence-electron chi connectivity index (χ3n) is 2.76. The molecule has 0 amide bonds. The van der Waals surface area contributed by atoms with Crippen molar-refractivity contribution in [3.63, 3.8) is 0 Å². The van der Waals surface area contributed by atoms with Gasteiger partial charge in [0.15, 0.2) is 6.10 Å². The van der Waals surface area contributed by atoms with Gasteiger partial charge in [0, 0.05) is 10.6 Å². The molecule has 1 unspecified atom stereocenters. The van der Waals surface area contributed by atoms with Gasteiger partial charge in [-0.3, -0.25) is 0 Å². The van der Waals surface area contributed by atoms with Crippen LogP contribution in [0.25, 0.3) is 0 Å². The van der Waals surface area contributed by atoms with Gasteiger partial charge in [0.05, 0.1) is 13.7 Å². The van der Waals surface area contributed by atoms with E-state index in [0.29, 0.717) is 21.9 Å². The Hall–Kier alpha value is -1.26. The summed E-state index contributed by atoms with van der Waals surface area (Å²) in [7, 11) is 1.52. The highest BCUT2D eigenvalue weighted by atomic mass is 35.5. The third-order valence-corrected chi connectivity index (χ3v) is 3.16. The van der Waals surface area contributed by atoms with Crippen molar-refractivity contribution >= 4 is 17.6 Å². The minimum Gasteiger partial charge on any atom is -0.496 e.